The number of carbonyl (C=O) groups excluding carboxylic acids is 2. The van der Waals surface area contributed by atoms with Gasteiger partial charge in [-0.3, -0.25) is 13.9 Å². The van der Waals surface area contributed by atoms with Crippen LogP contribution in [-0.4, -0.2) is 50.9 Å². The van der Waals surface area contributed by atoms with E-state index < -0.39 is 28.5 Å². The van der Waals surface area contributed by atoms with Crippen LogP contribution in [-0.2, 0) is 26.2 Å². The number of nitrogens with zero attached hydrogens (tertiary/aromatic N) is 2. The van der Waals surface area contributed by atoms with Gasteiger partial charge in [0.2, 0.25) is 11.8 Å². The van der Waals surface area contributed by atoms with Crippen molar-refractivity contribution in [1.29, 1.82) is 0 Å². The first-order valence-electron chi connectivity index (χ1n) is 13.5. The van der Waals surface area contributed by atoms with E-state index in [0.29, 0.717) is 17.9 Å². The minimum absolute atomic E-state index is 0.0676. The maximum Gasteiger partial charge on any atom is 0.264 e. The molecule has 8 nitrogen and oxygen atoms in total. The predicted octanol–water partition coefficient (Wildman–Crippen LogP) is 4.92. The molecule has 214 valence electrons. The van der Waals surface area contributed by atoms with E-state index in [0.717, 1.165) is 21.9 Å². The van der Waals surface area contributed by atoms with Crippen molar-refractivity contribution in [2.24, 2.45) is 0 Å². The fraction of sp³-hybridized carbons (Fsp3) is 0.355. The summed E-state index contributed by atoms with van der Waals surface area (Å²) in [6.45, 7) is 7.29. The number of nitrogens with one attached hydrogen (secondary N) is 1. The van der Waals surface area contributed by atoms with Crippen molar-refractivity contribution in [3.05, 3.63) is 90.0 Å². The standard InChI is InChI=1S/C31H39N3O5S/c1-6-24(4)32-31(36)29(7-2)33(21-25-15-19-27(39-5)20-16-25)30(35)22-34(26-17-13-23(3)14-18-26)40(37,38)28-11-9-8-10-12-28/h8-20,24,29H,6-7,21-22H2,1-5H3,(H,32,36). The van der Waals surface area contributed by atoms with E-state index in [1.165, 1.54) is 17.0 Å². The summed E-state index contributed by atoms with van der Waals surface area (Å²) in [5, 5.41) is 2.98. The number of amides is 2. The maximum atomic E-state index is 14.1. The monoisotopic (exact) mass is 565 g/mol. The lowest BCUT2D eigenvalue weighted by Gasteiger charge is -2.33. The molecule has 1 N–H and O–H groups in total. The van der Waals surface area contributed by atoms with E-state index in [1.54, 1.807) is 61.7 Å². The first-order valence-corrected chi connectivity index (χ1v) is 14.9. The van der Waals surface area contributed by atoms with Gasteiger partial charge in [-0.15, -0.1) is 0 Å². The van der Waals surface area contributed by atoms with Gasteiger partial charge in [-0.25, -0.2) is 8.42 Å². The lowest BCUT2D eigenvalue weighted by Crippen LogP contribution is -2.53. The zero-order valence-corrected chi connectivity index (χ0v) is 24.6. The second kappa shape index (κ2) is 14.0. The molecule has 0 saturated carbocycles. The Hall–Kier alpha value is -3.85. The summed E-state index contributed by atoms with van der Waals surface area (Å²) in [4.78, 5) is 29.0. The van der Waals surface area contributed by atoms with Crippen LogP contribution in [0.4, 0.5) is 5.69 Å². The number of benzene rings is 3. The van der Waals surface area contributed by atoms with Gasteiger partial charge in [0, 0.05) is 12.6 Å². The van der Waals surface area contributed by atoms with Gasteiger partial charge in [-0.2, -0.15) is 0 Å². The lowest BCUT2D eigenvalue weighted by atomic mass is 10.1. The Balaban J connectivity index is 2.03. The summed E-state index contributed by atoms with van der Waals surface area (Å²) in [5.74, 6) is -0.0868. The van der Waals surface area contributed by atoms with Gasteiger partial charge >= 0.3 is 0 Å². The molecule has 2 atom stereocenters. The van der Waals surface area contributed by atoms with Gasteiger partial charge in [0.1, 0.15) is 18.3 Å². The summed E-state index contributed by atoms with van der Waals surface area (Å²) >= 11 is 0. The second-order valence-electron chi connectivity index (χ2n) is 9.77. The maximum absolute atomic E-state index is 14.1. The van der Waals surface area contributed by atoms with E-state index in [4.69, 9.17) is 4.74 Å². The van der Waals surface area contributed by atoms with Gasteiger partial charge in [0.15, 0.2) is 0 Å². The third-order valence-electron chi connectivity index (χ3n) is 6.83. The zero-order chi connectivity index (χ0) is 29.3. The molecule has 0 bridgehead atoms. The molecule has 0 saturated heterocycles. The number of hydrogen-bond donors (Lipinski definition) is 1. The molecule has 40 heavy (non-hydrogen) atoms. The van der Waals surface area contributed by atoms with E-state index >= 15 is 0 Å². The Morgan fingerprint density at radius 2 is 1.52 bits per heavy atom. The Labute approximate surface area is 238 Å². The zero-order valence-electron chi connectivity index (χ0n) is 23.8. The number of ether oxygens (including phenoxy) is 1. The Kier molecular flexibility index (Phi) is 10.7. The van der Waals surface area contributed by atoms with Crippen molar-refractivity contribution >= 4 is 27.5 Å². The van der Waals surface area contributed by atoms with Crippen LogP contribution in [0.5, 0.6) is 5.75 Å². The molecule has 2 unspecified atom stereocenters. The molecule has 0 aliphatic carbocycles. The number of aryl methyl sites for hydroxylation is 1. The third kappa shape index (κ3) is 7.63. The SMILES string of the molecule is CCC(C)NC(=O)C(CC)N(Cc1ccc(OC)cc1)C(=O)CN(c1ccc(C)cc1)S(=O)(=O)c1ccccc1. The lowest BCUT2D eigenvalue weighted by molar-refractivity contribution is -0.140. The van der Waals surface area contributed by atoms with Crippen LogP contribution < -0.4 is 14.4 Å². The van der Waals surface area contributed by atoms with Gasteiger partial charge in [0.25, 0.3) is 10.0 Å². The Morgan fingerprint density at radius 1 is 0.900 bits per heavy atom. The molecule has 0 fully saturated rings. The van der Waals surface area contributed by atoms with Crippen LogP contribution >= 0.6 is 0 Å². The number of anilines is 1. The third-order valence-corrected chi connectivity index (χ3v) is 8.62. The van der Waals surface area contributed by atoms with Gasteiger partial charge in [-0.1, -0.05) is 61.9 Å². The Bertz CT molecular complexity index is 1360. The first-order chi connectivity index (χ1) is 19.1. The van der Waals surface area contributed by atoms with Crippen molar-refractivity contribution in [2.75, 3.05) is 18.0 Å². The second-order valence-corrected chi connectivity index (χ2v) is 11.6. The van der Waals surface area contributed by atoms with Gasteiger partial charge in [-0.05, 0) is 68.7 Å². The van der Waals surface area contributed by atoms with E-state index in [-0.39, 0.29) is 23.4 Å². The number of sulfonamides is 1. The molecule has 3 aromatic rings. The molecule has 0 aliphatic heterocycles. The molecular formula is C31H39N3O5S. The average Bonchev–Trinajstić information content (AvgIpc) is 2.96. The number of methoxy groups -OCH3 is 1. The normalized spacial score (nSPS) is 12.7. The average molecular weight is 566 g/mol. The topological polar surface area (TPSA) is 96.0 Å². The van der Waals surface area contributed by atoms with Crippen molar-refractivity contribution < 1.29 is 22.7 Å². The molecule has 3 aromatic carbocycles. The smallest absolute Gasteiger partial charge is 0.264 e. The minimum Gasteiger partial charge on any atom is -0.497 e. The fourth-order valence-corrected chi connectivity index (χ4v) is 5.68. The molecule has 0 aromatic heterocycles. The predicted molar refractivity (Wildman–Crippen MR) is 158 cm³/mol. The molecule has 0 aliphatic rings. The molecule has 0 heterocycles. The van der Waals surface area contributed by atoms with E-state index in [1.807, 2.05) is 39.8 Å². The number of carbonyl (C=O) groups is 2. The first kappa shape index (κ1) is 30.7. The van der Waals surface area contributed by atoms with Crippen LogP contribution in [0.2, 0.25) is 0 Å². The van der Waals surface area contributed by atoms with Crippen LogP contribution in [0.1, 0.15) is 44.7 Å². The van der Waals surface area contributed by atoms with Crippen LogP contribution in [0.3, 0.4) is 0 Å². The Morgan fingerprint density at radius 3 is 2.08 bits per heavy atom. The fourth-order valence-electron chi connectivity index (χ4n) is 4.25. The minimum atomic E-state index is -4.08. The highest BCUT2D eigenvalue weighted by Gasteiger charge is 2.33. The highest BCUT2D eigenvalue weighted by molar-refractivity contribution is 7.92. The van der Waals surface area contributed by atoms with E-state index in [2.05, 4.69) is 5.32 Å². The van der Waals surface area contributed by atoms with Crippen molar-refractivity contribution in [1.82, 2.24) is 10.2 Å². The summed E-state index contributed by atoms with van der Waals surface area (Å²) in [6, 6.07) is 21.4. The van der Waals surface area contributed by atoms with Gasteiger partial charge < -0.3 is 15.0 Å². The van der Waals surface area contributed by atoms with Crippen molar-refractivity contribution in [3.8, 4) is 5.75 Å². The number of hydrogen-bond acceptors (Lipinski definition) is 5. The van der Waals surface area contributed by atoms with Gasteiger partial charge in [0.05, 0.1) is 17.7 Å². The molecule has 9 heteroatoms. The van der Waals surface area contributed by atoms with Crippen molar-refractivity contribution in [2.45, 2.75) is 64.1 Å². The summed E-state index contributed by atoms with van der Waals surface area (Å²) in [5.41, 5.74) is 2.11. The quantitative estimate of drug-likeness (QED) is 0.317. The summed E-state index contributed by atoms with van der Waals surface area (Å²) in [6.07, 6.45) is 1.10. The molecule has 3 rings (SSSR count). The summed E-state index contributed by atoms with van der Waals surface area (Å²) in [7, 11) is -2.51. The summed E-state index contributed by atoms with van der Waals surface area (Å²) < 4.78 is 34.0. The molecule has 0 spiro atoms. The van der Waals surface area contributed by atoms with Crippen molar-refractivity contribution in [3.63, 3.8) is 0 Å². The largest absolute Gasteiger partial charge is 0.497 e. The van der Waals surface area contributed by atoms with Crippen LogP contribution in [0, 0.1) is 6.92 Å². The molecular weight excluding hydrogens is 526 g/mol. The number of rotatable bonds is 13. The van der Waals surface area contributed by atoms with Crippen LogP contribution in [0.15, 0.2) is 83.8 Å². The highest BCUT2D eigenvalue weighted by atomic mass is 32.2. The molecule has 2 amide bonds. The molecule has 0 radical (unpaired) electrons. The van der Waals surface area contributed by atoms with Crippen LogP contribution in [0.25, 0.3) is 0 Å². The van der Waals surface area contributed by atoms with E-state index in [9.17, 15) is 18.0 Å². The highest BCUT2D eigenvalue weighted by Crippen LogP contribution is 2.25.